The van der Waals surface area contributed by atoms with Gasteiger partial charge in [0.1, 0.15) is 17.6 Å². The molecule has 0 saturated carbocycles. The molecule has 4 rings (SSSR count). The number of likely N-dealkylation sites (tertiary alicyclic amines) is 1. The lowest BCUT2D eigenvalue weighted by atomic mass is 9.76. The Morgan fingerprint density at radius 2 is 1.97 bits per heavy atom. The van der Waals surface area contributed by atoms with Crippen molar-refractivity contribution in [2.45, 2.75) is 12.8 Å². The van der Waals surface area contributed by atoms with Crippen molar-refractivity contribution < 1.29 is 4.79 Å². The summed E-state index contributed by atoms with van der Waals surface area (Å²) in [5.74, 6) is 1.50. The first-order valence-corrected chi connectivity index (χ1v) is 10.6. The smallest absolute Gasteiger partial charge is 0.236 e. The molecule has 6 nitrogen and oxygen atoms in total. The van der Waals surface area contributed by atoms with Gasteiger partial charge < -0.3 is 14.7 Å². The topological polar surface area (TPSA) is 63.5 Å². The van der Waals surface area contributed by atoms with Crippen LogP contribution in [0.1, 0.15) is 17.7 Å². The van der Waals surface area contributed by atoms with E-state index in [9.17, 15) is 10.1 Å². The van der Waals surface area contributed by atoms with E-state index in [1.165, 1.54) is 5.56 Å². The molecular weight excluding hydrogens is 374 g/mol. The fraction of sp³-hybridized carbons (Fsp3) is 0.458. The number of fused-ring (bicyclic) bond motifs is 1. The molecule has 2 aliphatic rings. The van der Waals surface area contributed by atoms with Gasteiger partial charge in [0.25, 0.3) is 0 Å². The highest BCUT2D eigenvalue weighted by Crippen LogP contribution is 2.46. The zero-order valence-corrected chi connectivity index (χ0v) is 17.8. The SMILES string of the molecule is CN(C)CC(=O)N1C[C@@H]2CN(c3cccc(C#N)n3)C[C@]2(CCc2ccccc2)C1. The highest BCUT2D eigenvalue weighted by molar-refractivity contribution is 5.78. The number of anilines is 1. The van der Waals surface area contributed by atoms with E-state index < -0.39 is 0 Å². The second-order valence-corrected chi connectivity index (χ2v) is 8.93. The van der Waals surface area contributed by atoms with Crippen LogP contribution >= 0.6 is 0 Å². The summed E-state index contributed by atoms with van der Waals surface area (Å²) in [6.07, 6.45) is 2.05. The number of carbonyl (C=O) groups excluding carboxylic acids is 1. The fourth-order valence-corrected chi connectivity index (χ4v) is 4.97. The Labute approximate surface area is 178 Å². The summed E-state index contributed by atoms with van der Waals surface area (Å²) in [7, 11) is 3.88. The Balaban J connectivity index is 1.55. The Morgan fingerprint density at radius 1 is 1.17 bits per heavy atom. The predicted molar refractivity (Wildman–Crippen MR) is 117 cm³/mol. The van der Waals surface area contributed by atoms with Crippen LogP contribution in [0.5, 0.6) is 0 Å². The van der Waals surface area contributed by atoms with Crippen LogP contribution in [-0.2, 0) is 11.2 Å². The molecule has 2 saturated heterocycles. The molecule has 0 N–H and O–H groups in total. The van der Waals surface area contributed by atoms with E-state index in [4.69, 9.17) is 0 Å². The Bertz CT molecular complexity index is 938. The normalized spacial score (nSPS) is 22.9. The Kier molecular flexibility index (Phi) is 5.74. The summed E-state index contributed by atoms with van der Waals surface area (Å²) in [6.45, 7) is 3.80. The van der Waals surface area contributed by atoms with Crippen molar-refractivity contribution >= 4 is 11.7 Å². The minimum Gasteiger partial charge on any atom is -0.356 e. The number of hydrogen-bond acceptors (Lipinski definition) is 5. The van der Waals surface area contributed by atoms with Gasteiger partial charge in [0, 0.05) is 37.5 Å². The van der Waals surface area contributed by atoms with Gasteiger partial charge in [-0.2, -0.15) is 5.26 Å². The minimum atomic E-state index is 0.0577. The minimum absolute atomic E-state index is 0.0577. The molecule has 1 aromatic carbocycles. The van der Waals surface area contributed by atoms with Crippen molar-refractivity contribution in [3.05, 3.63) is 59.8 Å². The van der Waals surface area contributed by atoms with Crippen molar-refractivity contribution in [1.82, 2.24) is 14.8 Å². The van der Waals surface area contributed by atoms with Gasteiger partial charge in [-0.15, -0.1) is 0 Å². The standard InChI is InChI=1S/C24H29N5O/c1-27(2)16-23(30)29-15-20-14-28(22-10-6-9-21(13-25)26-22)17-24(20,18-29)12-11-19-7-4-3-5-8-19/h3-10,20H,11-12,14-18H2,1-2H3/t20-,24+/m0/s1. The molecule has 0 bridgehead atoms. The van der Waals surface area contributed by atoms with Crippen molar-refractivity contribution in [2.24, 2.45) is 11.3 Å². The van der Waals surface area contributed by atoms with Crippen LogP contribution in [0.2, 0.25) is 0 Å². The molecule has 30 heavy (non-hydrogen) atoms. The number of aromatic nitrogens is 1. The molecule has 0 spiro atoms. The zero-order chi connectivity index (χ0) is 21.1. The highest BCUT2D eigenvalue weighted by atomic mass is 16.2. The Morgan fingerprint density at radius 3 is 2.70 bits per heavy atom. The first-order valence-electron chi connectivity index (χ1n) is 10.6. The lowest BCUT2D eigenvalue weighted by molar-refractivity contribution is -0.131. The zero-order valence-electron chi connectivity index (χ0n) is 17.8. The Hall–Kier alpha value is -2.91. The molecule has 2 aliphatic heterocycles. The third-order valence-electron chi connectivity index (χ3n) is 6.49. The summed E-state index contributed by atoms with van der Waals surface area (Å²) in [5.41, 5.74) is 1.85. The van der Waals surface area contributed by atoms with Gasteiger partial charge in [-0.05, 0) is 44.6 Å². The maximum atomic E-state index is 12.8. The number of nitriles is 1. The van der Waals surface area contributed by atoms with Gasteiger partial charge in [0.05, 0.1) is 6.54 Å². The molecule has 1 amide bonds. The molecule has 2 fully saturated rings. The van der Waals surface area contributed by atoms with E-state index in [0.29, 0.717) is 18.2 Å². The van der Waals surface area contributed by atoms with Gasteiger partial charge in [0.15, 0.2) is 0 Å². The van der Waals surface area contributed by atoms with Crippen molar-refractivity contribution in [3.8, 4) is 6.07 Å². The predicted octanol–water partition coefficient (Wildman–Crippen LogP) is 2.41. The largest absolute Gasteiger partial charge is 0.356 e. The number of pyridine rings is 1. The maximum absolute atomic E-state index is 12.8. The van der Waals surface area contributed by atoms with Crippen molar-refractivity contribution in [1.29, 1.82) is 5.26 Å². The fourth-order valence-electron chi connectivity index (χ4n) is 4.97. The molecule has 0 radical (unpaired) electrons. The maximum Gasteiger partial charge on any atom is 0.236 e. The first kappa shape index (κ1) is 20.4. The number of likely N-dealkylation sites (N-methyl/N-ethyl adjacent to an activating group) is 1. The van der Waals surface area contributed by atoms with E-state index in [0.717, 1.165) is 44.8 Å². The number of hydrogen-bond donors (Lipinski definition) is 0. The number of amides is 1. The lowest BCUT2D eigenvalue weighted by Crippen LogP contribution is -2.40. The van der Waals surface area contributed by atoms with Crippen molar-refractivity contribution in [3.63, 3.8) is 0 Å². The van der Waals surface area contributed by atoms with Crippen LogP contribution in [-0.4, -0.2) is 67.5 Å². The molecule has 2 atom stereocenters. The van der Waals surface area contributed by atoms with E-state index in [-0.39, 0.29) is 11.3 Å². The van der Waals surface area contributed by atoms with Crippen LogP contribution < -0.4 is 4.90 Å². The van der Waals surface area contributed by atoms with Gasteiger partial charge in [-0.25, -0.2) is 4.98 Å². The third kappa shape index (κ3) is 4.17. The molecule has 6 heteroatoms. The molecule has 0 aliphatic carbocycles. The molecular formula is C24H29N5O. The van der Waals surface area contributed by atoms with Crippen LogP contribution in [0.3, 0.4) is 0 Å². The number of benzene rings is 1. The van der Waals surface area contributed by atoms with E-state index in [1.807, 2.05) is 37.2 Å². The average Bonchev–Trinajstić information content (AvgIpc) is 3.27. The molecule has 2 aromatic rings. The van der Waals surface area contributed by atoms with Crippen LogP contribution in [0, 0.1) is 22.7 Å². The molecule has 0 unspecified atom stereocenters. The van der Waals surface area contributed by atoms with Gasteiger partial charge in [-0.1, -0.05) is 36.4 Å². The summed E-state index contributed by atoms with van der Waals surface area (Å²) in [5, 5.41) is 9.22. The summed E-state index contributed by atoms with van der Waals surface area (Å²) in [4.78, 5) is 23.6. The van der Waals surface area contributed by atoms with E-state index in [2.05, 4.69) is 45.1 Å². The van der Waals surface area contributed by atoms with Gasteiger partial charge >= 0.3 is 0 Å². The quantitative estimate of drug-likeness (QED) is 0.741. The third-order valence-corrected chi connectivity index (χ3v) is 6.49. The second kappa shape index (κ2) is 8.45. The summed E-state index contributed by atoms with van der Waals surface area (Å²) >= 11 is 0. The monoisotopic (exact) mass is 403 g/mol. The van der Waals surface area contributed by atoms with Crippen LogP contribution in [0.15, 0.2) is 48.5 Å². The number of aryl methyl sites for hydroxylation is 1. The van der Waals surface area contributed by atoms with Crippen LogP contribution in [0.25, 0.3) is 0 Å². The summed E-state index contributed by atoms with van der Waals surface area (Å²) in [6, 6.07) is 18.4. The summed E-state index contributed by atoms with van der Waals surface area (Å²) < 4.78 is 0. The van der Waals surface area contributed by atoms with Crippen molar-refractivity contribution in [2.75, 3.05) is 51.7 Å². The lowest BCUT2D eigenvalue weighted by Gasteiger charge is -2.30. The molecule has 156 valence electrons. The molecule has 1 aromatic heterocycles. The van der Waals surface area contributed by atoms with E-state index in [1.54, 1.807) is 6.07 Å². The van der Waals surface area contributed by atoms with Crippen LogP contribution in [0.4, 0.5) is 5.82 Å². The number of nitrogens with zero attached hydrogens (tertiary/aromatic N) is 5. The molecule has 3 heterocycles. The highest BCUT2D eigenvalue weighted by Gasteiger charge is 2.53. The van der Waals surface area contributed by atoms with Gasteiger partial charge in [0.2, 0.25) is 5.91 Å². The van der Waals surface area contributed by atoms with Gasteiger partial charge in [-0.3, -0.25) is 4.79 Å². The van der Waals surface area contributed by atoms with E-state index >= 15 is 0 Å². The first-order chi connectivity index (χ1) is 14.5. The number of carbonyl (C=O) groups is 1. The average molecular weight is 404 g/mol. The number of rotatable bonds is 6. The second-order valence-electron chi connectivity index (χ2n) is 8.93.